The molecule has 0 aromatic heterocycles. The summed E-state index contributed by atoms with van der Waals surface area (Å²) in [6.45, 7) is 12.4. The van der Waals surface area contributed by atoms with E-state index in [0.717, 1.165) is 101 Å². The number of hydrazine groups is 1. The van der Waals surface area contributed by atoms with Crippen LogP contribution >= 0.6 is 0 Å². The Morgan fingerprint density at radius 1 is 0.718 bits per heavy atom. The van der Waals surface area contributed by atoms with Crippen molar-refractivity contribution in [3.05, 3.63) is 59.7 Å². The van der Waals surface area contributed by atoms with E-state index in [0.29, 0.717) is 11.7 Å². The number of nitrogen functional groups attached to an aromatic ring is 2. The molecular weight excluding hydrogens is 490 g/mol. The molecule has 0 spiro atoms. The molecule has 2 aliphatic heterocycles. The summed E-state index contributed by atoms with van der Waals surface area (Å²) in [5.41, 5.74) is 23.7. The number of anilines is 2. The van der Waals surface area contributed by atoms with E-state index in [1.165, 1.54) is 0 Å². The molecular formula is C28H47N11. The van der Waals surface area contributed by atoms with Gasteiger partial charge in [-0.2, -0.15) is 0 Å². The van der Waals surface area contributed by atoms with E-state index in [4.69, 9.17) is 23.0 Å². The number of hydrogen-bond acceptors (Lipinski definition) is 9. The second-order valence-electron chi connectivity index (χ2n) is 10.2. The zero-order chi connectivity index (χ0) is 28.0. The summed E-state index contributed by atoms with van der Waals surface area (Å²) < 4.78 is 0. The van der Waals surface area contributed by atoms with Crippen molar-refractivity contribution < 1.29 is 0 Å². The predicted molar refractivity (Wildman–Crippen MR) is 164 cm³/mol. The van der Waals surface area contributed by atoms with Crippen molar-refractivity contribution in [3.63, 3.8) is 0 Å². The van der Waals surface area contributed by atoms with Crippen LogP contribution in [0.2, 0.25) is 0 Å². The number of nitrogens with zero attached hydrogens (tertiary/aromatic N) is 6. The van der Waals surface area contributed by atoms with Crippen LogP contribution in [0, 0.1) is 0 Å². The van der Waals surface area contributed by atoms with Crippen LogP contribution in [0.5, 0.6) is 0 Å². The van der Waals surface area contributed by atoms with Crippen molar-refractivity contribution in [2.24, 2.45) is 27.3 Å². The number of hydrogen-bond donors (Lipinski definition) is 5. The van der Waals surface area contributed by atoms with Crippen LogP contribution in [-0.2, 0) is 0 Å². The zero-order valence-electron chi connectivity index (χ0n) is 23.6. The lowest BCUT2D eigenvalue weighted by molar-refractivity contribution is 0.157. The third-order valence-electron chi connectivity index (χ3n) is 7.10. The Morgan fingerprint density at radius 3 is 1.64 bits per heavy atom. The van der Waals surface area contributed by atoms with E-state index in [2.05, 4.69) is 49.1 Å². The average Bonchev–Trinajstić information content (AvgIpc) is 2.95. The molecule has 2 fully saturated rings. The fourth-order valence-electron chi connectivity index (χ4n) is 4.42. The molecule has 2 heterocycles. The van der Waals surface area contributed by atoms with Crippen LogP contribution in [-0.4, -0.2) is 124 Å². The summed E-state index contributed by atoms with van der Waals surface area (Å²) in [5, 5.41) is 0. The van der Waals surface area contributed by atoms with Gasteiger partial charge >= 0.3 is 0 Å². The molecule has 2 saturated heterocycles. The topological polar surface area (TPSA) is 154 Å². The van der Waals surface area contributed by atoms with Gasteiger partial charge in [0.25, 0.3) is 0 Å². The number of nitrogens with one attached hydrogen (secondary N) is 1. The Kier molecular flexibility index (Phi) is 12.5. The van der Waals surface area contributed by atoms with E-state index >= 15 is 0 Å². The van der Waals surface area contributed by atoms with E-state index < -0.39 is 0 Å². The smallest absolute Gasteiger partial charge is 0.125 e. The Bertz CT molecular complexity index is 1050. The molecule has 4 rings (SSSR count). The number of likely N-dealkylation sites (N-methyl/N-ethyl adjacent to an activating group) is 2. The van der Waals surface area contributed by atoms with Crippen molar-refractivity contribution in [3.8, 4) is 0 Å². The van der Waals surface area contributed by atoms with Gasteiger partial charge in [0.2, 0.25) is 0 Å². The minimum atomic E-state index is 0.566. The zero-order valence-corrected chi connectivity index (χ0v) is 23.6. The van der Waals surface area contributed by atoms with Crippen molar-refractivity contribution in [2.45, 2.75) is 0 Å². The van der Waals surface area contributed by atoms with Gasteiger partial charge in [-0.3, -0.25) is 25.6 Å². The van der Waals surface area contributed by atoms with Crippen LogP contribution < -0.4 is 28.5 Å². The van der Waals surface area contributed by atoms with Crippen molar-refractivity contribution in [2.75, 3.05) is 104 Å². The molecule has 0 saturated carbocycles. The first-order valence-corrected chi connectivity index (χ1v) is 13.7. The van der Waals surface area contributed by atoms with Crippen molar-refractivity contribution in [1.82, 2.24) is 19.6 Å². The van der Waals surface area contributed by atoms with Gasteiger partial charge in [0.05, 0.1) is 13.1 Å². The van der Waals surface area contributed by atoms with Crippen LogP contribution in [0.15, 0.2) is 58.5 Å². The van der Waals surface area contributed by atoms with Gasteiger partial charge in [0.15, 0.2) is 0 Å². The van der Waals surface area contributed by atoms with Gasteiger partial charge in [-0.25, -0.2) is 0 Å². The first-order valence-electron chi connectivity index (χ1n) is 13.7. The number of benzene rings is 2. The predicted octanol–water partition coefficient (Wildman–Crippen LogP) is 0.146. The largest absolute Gasteiger partial charge is 0.399 e. The fraction of sp³-hybridized carbons (Fsp3) is 0.500. The number of nitrogens with two attached hydrogens (primary N) is 4. The number of rotatable bonds is 9. The molecule has 11 nitrogen and oxygen atoms in total. The lowest BCUT2D eigenvalue weighted by atomic mass is 10.2. The highest BCUT2D eigenvalue weighted by molar-refractivity contribution is 5.98. The molecule has 214 valence electrons. The quantitative estimate of drug-likeness (QED) is 0.0988. The van der Waals surface area contributed by atoms with Gasteiger partial charge in [0.1, 0.15) is 11.7 Å². The first kappa shape index (κ1) is 30.3. The molecule has 0 bridgehead atoms. The first-order chi connectivity index (χ1) is 18.8. The van der Waals surface area contributed by atoms with E-state index in [1.54, 1.807) is 0 Å². The third-order valence-corrected chi connectivity index (χ3v) is 7.10. The Balaban J connectivity index is 0.000000216. The molecule has 0 amide bonds. The highest BCUT2D eigenvalue weighted by Crippen LogP contribution is 2.09. The van der Waals surface area contributed by atoms with Crippen molar-refractivity contribution >= 4 is 23.0 Å². The molecule has 2 aromatic carbocycles. The number of amidine groups is 2. The van der Waals surface area contributed by atoms with Gasteiger partial charge in [-0.05, 0) is 38.4 Å². The van der Waals surface area contributed by atoms with E-state index in [9.17, 15) is 0 Å². The summed E-state index contributed by atoms with van der Waals surface area (Å²) in [6, 6.07) is 15.2. The molecule has 9 N–H and O–H groups in total. The molecule has 0 radical (unpaired) electrons. The van der Waals surface area contributed by atoms with Gasteiger partial charge in [-0.1, -0.05) is 24.3 Å². The average molecular weight is 538 g/mol. The van der Waals surface area contributed by atoms with Gasteiger partial charge < -0.3 is 32.4 Å². The maximum Gasteiger partial charge on any atom is 0.125 e. The normalized spacial score (nSPS) is 18.4. The molecule has 0 atom stereocenters. The summed E-state index contributed by atoms with van der Waals surface area (Å²) in [4.78, 5) is 18.4. The number of piperazine rings is 2. The Morgan fingerprint density at radius 2 is 1.18 bits per heavy atom. The molecule has 0 aliphatic carbocycles. The highest BCUT2D eigenvalue weighted by Gasteiger charge is 2.13. The van der Waals surface area contributed by atoms with Crippen LogP contribution in [0.4, 0.5) is 11.4 Å². The van der Waals surface area contributed by atoms with Gasteiger partial charge in [0, 0.05) is 87.9 Å². The Hall–Kier alpha value is -3.22. The lowest BCUT2D eigenvalue weighted by Crippen LogP contribution is -2.45. The minimum absolute atomic E-state index is 0.566. The Labute approximate surface area is 233 Å². The summed E-state index contributed by atoms with van der Waals surface area (Å²) in [5.74, 6) is 6.52. The van der Waals surface area contributed by atoms with Crippen LogP contribution in [0.3, 0.4) is 0 Å². The summed E-state index contributed by atoms with van der Waals surface area (Å²) >= 11 is 0. The SMILES string of the molecule is CN1CCN(CCN=C(N)c2cccc(N)c2)CC1.CN1CCN(CCN=C(N)c2cccc(NN)c2)CC1. The standard InChI is InChI=1S/C14H24N6.C14H23N5/c1-19-7-9-20(10-8-19)6-5-17-14(15)12-3-2-4-13(11-12)18-16;1-18-7-9-19(10-8-18)6-5-17-14(16)12-3-2-4-13(15)11-12/h2-4,11,18H,5-10,16H2,1H3,(H2,15,17);2-4,11H,5-10,15H2,1H3,(H2,16,17). The molecule has 39 heavy (non-hydrogen) atoms. The van der Waals surface area contributed by atoms with Crippen LogP contribution in [0.25, 0.3) is 0 Å². The summed E-state index contributed by atoms with van der Waals surface area (Å²) in [7, 11) is 4.32. The third kappa shape index (κ3) is 10.8. The second-order valence-corrected chi connectivity index (χ2v) is 10.2. The van der Waals surface area contributed by atoms with Crippen molar-refractivity contribution in [1.29, 1.82) is 0 Å². The minimum Gasteiger partial charge on any atom is -0.399 e. The maximum absolute atomic E-state index is 6.01. The van der Waals surface area contributed by atoms with Gasteiger partial charge in [-0.15, -0.1) is 0 Å². The monoisotopic (exact) mass is 537 g/mol. The fourth-order valence-corrected chi connectivity index (χ4v) is 4.42. The van der Waals surface area contributed by atoms with E-state index in [1.807, 2.05) is 48.5 Å². The molecule has 2 aliphatic rings. The highest BCUT2D eigenvalue weighted by atomic mass is 15.3. The van der Waals surface area contributed by atoms with Crippen LogP contribution in [0.1, 0.15) is 11.1 Å². The van der Waals surface area contributed by atoms with E-state index in [-0.39, 0.29) is 0 Å². The molecule has 2 aromatic rings. The summed E-state index contributed by atoms with van der Waals surface area (Å²) in [6.07, 6.45) is 0. The second kappa shape index (κ2) is 16.0. The lowest BCUT2D eigenvalue weighted by Gasteiger charge is -2.31. The molecule has 11 heteroatoms. The number of aliphatic imine (C=N–C) groups is 2. The maximum atomic E-state index is 6.01. The molecule has 0 unspecified atom stereocenters.